The highest BCUT2D eigenvalue weighted by Gasteiger charge is 2.36. The number of nitrogens with zero attached hydrogens (tertiary/aromatic N) is 1. The van der Waals surface area contributed by atoms with E-state index in [0.29, 0.717) is 16.1 Å². The summed E-state index contributed by atoms with van der Waals surface area (Å²) in [5.74, 6) is -0.385. The van der Waals surface area contributed by atoms with Crippen molar-refractivity contribution in [2.75, 3.05) is 5.32 Å². The summed E-state index contributed by atoms with van der Waals surface area (Å²) in [6, 6.07) is 9.06. The molecular weight excluding hydrogens is 481 g/mol. The average Bonchev–Trinajstić information content (AvgIpc) is 3.14. The van der Waals surface area contributed by atoms with E-state index in [1.807, 2.05) is 0 Å². The maximum Gasteiger partial charge on any atom is 0.252 e. The molecule has 0 radical (unpaired) electrons. The number of fused-ring (bicyclic) bond motifs is 1. The number of rotatable bonds is 4. The summed E-state index contributed by atoms with van der Waals surface area (Å²) < 4.78 is -0.941. The number of carbonyl (C=O) groups excluding carboxylic acids is 1. The van der Waals surface area contributed by atoms with E-state index in [1.165, 1.54) is 16.2 Å². The van der Waals surface area contributed by atoms with E-state index in [4.69, 9.17) is 34.8 Å². The number of thiophene rings is 1. The van der Waals surface area contributed by atoms with Gasteiger partial charge in [0.15, 0.2) is 0 Å². The second-order valence-electron chi connectivity index (χ2n) is 5.77. The van der Waals surface area contributed by atoms with Crippen molar-refractivity contribution in [1.82, 2.24) is 5.32 Å². The molecule has 1 heterocycles. The minimum atomic E-state index is -1.80. The molecule has 9 heteroatoms. The van der Waals surface area contributed by atoms with Crippen LogP contribution in [0.5, 0.6) is 0 Å². The first-order chi connectivity index (χ1) is 12.3. The van der Waals surface area contributed by atoms with E-state index in [0.717, 1.165) is 29.3 Å². The summed E-state index contributed by atoms with van der Waals surface area (Å²) in [6.45, 7) is 0. The molecule has 136 valence electrons. The molecular formula is C17H13BrCl3N3OS. The lowest BCUT2D eigenvalue weighted by Gasteiger charge is -2.27. The Morgan fingerprint density at radius 3 is 2.58 bits per heavy atom. The van der Waals surface area contributed by atoms with Crippen LogP contribution in [0.2, 0.25) is 0 Å². The van der Waals surface area contributed by atoms with E-state index >= 15 is 0 Å². The van der Waals surface area contributed by atoms with Crippen molar-refractivity contribution in [2.45, 2.75) is 29.2 Å². The molecule has 0 fully saturated rings. The molecule has 1 unspecified atom stereocenters. The predicted octanol–water partition coefficient (Wildman–Crippen LogP) is 5.41. The van der Waals surface area contributed by atoms with Crippen LogP contribution in [-0.2, 0) is 12.8 Å². The highest BCUT2D eigenvalue weighted by molar-refractivity contribution is 9.10. The summed E-state index contributed by atoms with van der Waals surface area (Å²) >= 11 is 23.0. The number of aryl methyl sites for hydroxylation is 1. The molecule has 0 saturated heterocycles. The third-order valence-electron chi connectivity index (χ3n) is 4.02. The molecule has 1 atom stereocenters. The fraction of sp³-hybridized carbons (Fsp3) is 0.294. The standard InChI is InChI=1S/C17H13BrCl3N3OS/c18-10-6-4-9(5-7-10)14(25)23-16(17(19,20)21)24-15-12(8-22)11-2-1-3-13(11)26-15/h4-7,16,24H,1-3H2,(H,23,25). The summed E-state index contributed by atoms with van der Waals surface area (Å²) in [7, 11) is 0. The molecule has 1 aliphatic carbocycles. The zero-order valence-corrected chi connectivity index (χ0v) is 18.0. The number of nitrogens with one attached hydrogen (secondary N) is 2. The third-order valence-corrected chi connectivity index (χ3v) is 6.42. The van der Waals surface area contributed by atoms with Crippen LogP contribution in [0.15, 0.2) is 28.7 Å². The number of carbonyl (C=O) groups is 1. The van der Waals surface area contributed by atoms with Crippen LogP contribution in [0.1, 0.15) is 32.8 Å². The Morgan fingerprint density at radius 2 is 1.96 bits per heavy atom. The van der Waals surface area contributed by atoms with Gasteiger partial charge in [0.05, 0.1) is 5.56 Å². The molecule has 1 aromatic carbocycles. The molecule has 26 heavy (non-hydrogen) atoms. The minimum Gasteiger partial charge on any atom is -0.352 e. The number of hydrogen-bond acceptors (Lipinski definition) is 4. The Bertz CT molecular complexity index is 871. The fourth-order valence-corrected chi connectivity index (χ4v) is 4.63. The first kappa shape index (κ1) is 19.8. The number of alkyl halides is 3. The van der Waals surface area contributed by atoms with Gasteiger partial charge in [-0.1, -0.05) is 50.7 Å². The van der Waals surface area contributed by atoms with E-state index in [9.17, 15) is 10.1 Å². The third kappa shape index (κ3) is 4.29. The van der Waals surface area contributed by atoms with Gasteiger partial charge in [0.25, 0.3) is 5.91 Å². The lowest BCUT2D eigenvalue weighted by molar-refractivity contribution is 0.0942. The molecule has 3 rings (SSSR count). The van der Waals surface area contributed by atoms with E-state index < -0.39 is 9.96 Å². The molecule has 2 aromatic rings. The van der Waals surface area contributed by atoms with Gasteiger partial charge in [-0.2, -0.15) is 5.26 Å². The lowest BCUT2D eigenvalue weighted by atomic mass is 10.1. The maximum atomic E-state index is 12.5. The molecule has 4 nitrogen and oxygen atoms in total. The van der Waals surface area contributed by atoms with Gasteiger partial charge in [-0.05, 0) is 49.1 Å². The van der Waals surface area contributed by atoms with Crippen molar-refractivity contribution >= 4 is 73.0 Å². The van der Waals surface area contributed by atoms with Crippen molar-refractivity contribution in [3.63, 3.8) is 0 Å². The van der Waals surface area contributed by atoms with Gasteiger partial charge in [-0.25, -0.2) is 0 Å². The van der Waals surface area contributed by atoms with Crippen molar-refractivity contribution in [3.05, 3.63) is 50.3 Å². The summed E-state index contributed by atoms with van der Waals surface area (Å²) in [5, 5.41) is 15.8. The van der Waals surface area contributed by atoms with E-state index in [2.05, 4.69) is 32.6 Å². The van der Waals surface area contributed by atoms with Crippen molar-refractivity contribution in [3.8, 4) is 6.07 Å². The molecule has 1 aliphatic rings. The van der Waals surface area contributed by atoms with Gasteiger partial charge in [0, 0.05) is 14.9 Å². The first-order valence-corrected chi connectivity index (χ1v) is 10.5. The molecule has 0 bridgehead atoms. The van der Waals surface area contributed by atoms with Crippen LogP contribution in [0.25, 0.3) is 0 Å². The highest BCUT2D eigenvalue weighted by atomic mass is 79.9. The average molecular weight is 494 g/mol. The monoisotopic (exact) mass is 491 g/mol. The van der Waals surface area contributed by atoms with Gasteiger partial charge in [0.1, 0.15) is 17.2 Å². The maximum absolute atomic E-state index is 12.5. The summed E-state index contributed by atoms with van der Waals surface area (Å²) in [6.07, 6.45) is 1.87. The highest BCUT2D eigenvalue weighted by Crippen LogP contribution is 2.40. The fourth-order valence-electron chi connectivity index (χ4n) is 2.77. The zero-order valence-electron chi connectivity index (χ0n) is 13.3. The number of benzene rings is 1. The second kappa shape index (κ2) is 7.95. The quantitative estimate of drug-likeness (QED) is 0.442. The largest absolute Gasteiger partial charge is 0.352 e. The van der Waals surface area contributed by atoms with Crippen molar-refractivity contribution < 1.29 is 4.79 Å². The molecule has 1 amide bonds. The molecule has 1 aromatic heterocycles. The number of hydrogen-bond donors (Lipinski definition) is 2. The molecule has 2 N–H and O–H groups in total. The van der Waals surface area contributed by atoms with Gasteiger partial charge in [-0.15, -0.1) is 11.3 Å². The topological polar surface area (TPSA) is 64.9 Å². The molecule has 0 saturated carbocycles. The second-order valence-corrected chi connectivity index (χ2v) is 10.2. The molecule has 0 aliphatic heterocycles. The summed E-state index contributed by atoms with van der Waals surface area (Å²) in [5.41, 5.74) is 2.06. The first-order valence-electron chi connectivity index (χ1n) is 7.74. The number of anilines is 1. The Labute approximate surface area is 178 Å². The van der Waals surface area contributed by atoms with Crippen LogP contribution >= 0.6 is 62.1 Å². The Hall–Kier alpha value is -0.970. The number of halogens is 4. The van der Waals surface area contributed by atoms with Gasteiger partial charge < -0.3 is 10.6 Å². The normalized spacial score (nSPS) is 14.4. The van der Waals surface area contributed by atoms with Crippen LogP contribution < -0.4 is 10.6 Å². The minimum absolute atomic E-state index is 0.385. The van der Waals surface area contributed by atoms with Gasteiger partial charge in [0.2, 0.25) is 3.79 Å². The predicted molar refractivity (Wildman–Crippen MR) is 110 cm³/mol. The van der Waals surface area contributed by atoms with Crippen molar-refractivity contribution in [1.29, 1.82) is 5.26 Å². The summed E-state index contributed by atoms with van der Waals surface area (Å²) in [4.78, 5) is 13.7. The van der Waals surface area contributed by atoms with Crippen LogP contribution in [-0.4, -0.2) is 15.9 Å². The Balaban J connectivity index is 1.83. The van der Waals surface area contributed by atoms with Crippen LogP contribution in [0, 0.1) is 11.3 Å². The van der Waals surface area contributed by atoms with Crippen LogP contribution in [0.3, 0.4) is 0 Å². The Kier molecular flexibility index (Phi) is 6.05. The van der Waals surface area contributed by atoms with E-state index in [-0.39, 0.29) is 5.91 Å². The smallest absolute Gasteiger partial charge is 0.252 e. The zero-order chi connectivity index (χ0) is 18.9. The van der Waals surface area contributed by atoms with Crippen molar-refractivity contribution in [2.24, 2.45) is 0 Å². The van der Waals surface area contributed by atoms with Crippen LogP contribution in [0.4, 0.5) is 5.00 Å². The van der Waals surface area contributed by atoms with E-state index in [1.54, 1.807) is 24.3 Å². The lowest BCUT2D eigenvalue weighted by Crippen LogP contribution is -2.49. The molecule has 0 spiro atoms. The van der Waals surface area contributed by atoms with Gasteiger partial charge in [-0.3, -0.25) is 4.79 Å². The number of nitriles is 1. The van der Waals surface area contributed by atoms with Gasteiger partial charge >= 0.3 is 0 Å². The Morgan fingerprint density at radius 1 is 1.27 bits per heavy atom. The SMILES string of the molecule is N#Cc1c(NC(NC(=O)c2ccc(Br)cc2)C(Cl)(Cl)Cl)sc2c1CCC2. The number of amides is 1.